The summed E-state index contributed by atoms with van der Waals surface area (Å²) in [5, 5.41) is 11.3. The number of benzene rings is 2. The Bertz CT molecular complexity index is 578. The Morgan fingerprint density at radius 1 is 1.16 bits per heavy atom. The zero-order valence-corrected chi connectivity index (χ0v) is 11.8. The maximum Gasteiger partial charge on any atom is 0.123 e. The summed E-state index contributed by atoms with van der Waals surface area (Å²) in [6.45, 7) is 1.78. The van der Waals surface area contributed by atoms with Crippen LogP contribution in [-0.2, 0) is 6.42 Å². The third kappa shape index (κ3) is 3.69. The summed E-state index contributed by atoms with van der Waals surface area (Å²) in [5.74, 6) is -0.355. The van der Waals surface area contributed by atoms with Crippen LogP contribution in [0.25, 0.3) is 0 Å². The molecule has 0 aliphatic rings. The van der Waals surface area contributed by atoms with Gasteiger partial charge in [0, 0.05) is 16.5 Å². The van der Waals surface area contributed by atoms with Gasteiger partial charge in [-0.3, -0.25) is 0 Å². The van der Waals surface area contributed by atoms with E-state index >= 15 is 0 Å². The van der Waals surface area contributed by atoms with E-state index in [1.807, 2.05) is 0 Å². The molecule has 2 rings (SSSR count). The van der Waals surface area contributed by atoms with Crippen molar-refractivity contribution >= 4 is 23.2 Å². The predicted molar refractivity (Wildman–Crippen MR) is 76.3 cm³/mol. The van der Waals surface area contributed by atoms with Gasteiger partial charge >= 0.3 is 0 Å². The highest BCUT2D eigenvalue weighted by Gasteiger charge is 2.12. The lowest BCUT2D eigenvalue weighted by Crippen LogP contribution is -2.03. The van der Waals surface area contributed by atoms with E-state index in [2.05, 4.69) is 0 Å². The molecule has 19 heavy (non-hydrogen) atoms. The lowest BCUT2D eigenvalue weighted by molar-refractivity contribution is 0.178. The first-order valence-corrected chi connectivity index (χ1v) is 6.60. The molecule has 0 radical (unpaired) electrons. The second-order valence-corrected chi connectivity index (χ2v) is 5.36. The molecule has 100 valence electrons. The number of halogens is 3. The van der Waals surface area contributed by atoms with Crippen molar-refractivity contribution in [3.05, 3.63) is 69.0 Å². The van der Waals surface area contributed by atoms with Crippen molar-refractivity contribution < 1.29 is 9.50 Å². The molecule has 2 aromatic carbocycles. The maximum atomic E-state index is 13.3. The first-order valence-electron chi connectivity index (χ1n) is 5.85. The summed E-state index contributed by atoms with van der Waals surface area (Å²) >= 11 is 11.9. The number of aliphatic hydroxyl groups is 1. The van der Waals surface area contributed by atoms with Crippen molar-refractivity contribution in [1.82, 2.24) is 0 Å². The highest BCUT2D eigenvalue weighted by molar-refractivity contribution is 6.33. The average Bonchev–Trinajstić information content (AvgIpc) is 2.32. The van der Waals surface area contributed by atoms with Gasteiger partial charge in [-0.1, -0.05) is 29.3 Å². The van der Waals surface area contributed by atoms with Gasteiger partial charge in [-0.25, -0.2) is 4.39 Å². The molecular formula is C15H13Cl2FO. The Kier molecular flexibility index (Phi) is 4.46. The van der Waals surface area contributed by atoms with Crippen molar-refractivity contribution in [1.29, 1.82) is 0 Å². The van der Waals surface area contributed by atoms with Crippen molar-refractivity contribution in [3.8, 4) is 0 Å². The minimum Gasteiger partial charge on any atom is -0.388 e. The molecule has 4 heteroatoms. The molecule has 0 fully saturated rings. The average molecular weight is 299 g/mol. The van der Waals surface area contributed by atoms with Crippen LogP contribution in [0.1, 0.15) is 22.8 Å². The summed E-state index contributed by atoms with van der Waals surface area (Å²) in [4.78, 5) is 0. The SMILES string of the molecule is Cc1cc(F)cc(C(O)Cc2cc(Cl)ccc2Cl)c1. The van der Waals surface area contributed by atoms with Crippen molar-refractivity contribution in [2.75, 3.05) is 0 Å². The molecule has 1 atom stereocenters. The number of hydrogen-bond acceptors (Lipinski definition) is 1. The monoisotopic (exact) mass is 298 g/mol. The molecule has 0 amide bonds. The lowest BCUT2D eigenvalue weighted by Gasteiger charge is -2.13. The van der Waals surface area contributed by atoms with E-state index in [-0.39, 0.29) is 5.82 Å². The van der Waals surface area contributed by atoms with E-state index in [0.29, 0.717) is 22.0 Å². The molecular weight excluding hydrogens is 286 g/mol. The van der Waals surface area contributed by atoms with E-state index in [4.69, 9.17) is 23.2 Å². The maximum absolute atomic E-state index is 13.3. The van der Waals surface area contributed by atoms with E-state index < -0.39 is 6.10 Å². The first-order chi connectivity index (χ1) is 8.95. The molecule has 0 bridgehead atoms. The molecule has 1 N–H and O–H groups in total. The molecule has 0 heterocycles. The number of aliphatic hydroxyl groups excluding tert-OH is 1. The number of aryl methyl sites for hydroxylation is 1. The molecule has 0 saturated heterocycles. The van der Waals surface area contributed by atoms with Crippen LogP contribution < -0.4 is 0 Å². The predicted octanol–water partition coefficient (Wildman–Crippen LogP) is 4.72. The second kappa shape index (κ2) is 5.91. The van der Waals surface area contributed by atoms with Crippen LogP contribution in [0.2, 0.25) is 10.0 Å². The van der Waals surface area contributed by atoms with Crippen LogP contribution in [0.3, 0.4) is 0 Å². The van der Waals surface area contributed by atoms with Crippen molar-refractivity contribution in [2.24, 2.45) is 0 Å². The fourth-order valence-corrected chi connectivity index (χ4v) is 2.37. The molecule has 0 spiro atoms. The number of hydrogen-bond donors (Lipinski definition) is 1. The van der Waals surface area contributed by atoms with Crippen molar-refractivity contribution in [3.63, 3.8) is 0 Å². The van der Waals surface area contributed by atoms with Crippen LogP contribution in [0.5, 0.6) is 0 Å². The largest absolute Gasteiger partial charge is 0.388 e. The van der Waals surface area contributed by atoms with Crippen LogP contribution in [-0.4, -0.2) is 5.11 Å². The Hall–Kier alpha value is -1.09. The zero-order chi connectivity index (χ0) is 14.0. The Morgan fingerprint density at radius 3 is 2.58 bits per heavy atom. The highest BCUT2D eigenvalue weighted by Crippen LogP contribution is 2.27. The topological polar surface area (TPSA) is 20.2 Å². The molecule has 0 aliphatic carbocycles. The van der Waals surface area contributed by atoms with Gasteiger partial charge in [0.15, 0.2) is 0 Å². The van der Waals surface area contributed by atoms with Gasteiger partial charge in [0.2, 0.25) is 0 Å². The molecule has 0 aliphatic heterocycles. The summed E-state index contributed by atoms with van der Waals surface area (Å²) in [6.07, 6.45) is -0.521. The Morgan fingerprint density at radius 2 is 1.89 bits per heavy atom. The van der Waals surface area contributed by atoms with E-state index in [0.717, 1.165) is 11.1 Å². The van der Waals surface area contributed by atoms with Crippen LogP contribution >= 0.6 is 23.2 Å². The summed E-state index contributed by atoms with van der Waals surface area (Å²) in [5.41, 5.74) is 2.04. The summed E-state index contributed by atoms with van der Waals surface area (Å²) in [7, 11) is 0. The summed E-state index contributed by atoms with van der Waals surface area (Å²) in [6, 6.07) is 9.58. The van der Waals surface area contributed by atoms with Gasteiger partial charge in [0.1, 0.15) is 5.82 Å². The van der Waals surface area contributed by atoms with Gasteiger partial charge in [0.05, 0.1) is 6.10 Å². The van der Waals surface area contributed by atoms with Crippen LogP contribution in [0.4, 0.5) is 4.39 Å². The quantitative estimate of drug-likeness (QED) is 0.869. The lowest BCUT2D eigenvalue weighted by atomic mass is 10.00. The minimum atomic E-state index is -0.814. The molecule has 0 aromatic heterocycles. The molecule has 0 saturated carbocycles. The normalized spacial score (nSPS) is 12.5. The third-order valence-corrected chi connectivity index (χ3v) is 3.47. The zero-order valence-electron chi connectivity index (χ0n) is 10.3. The number of rotatable bonds is 3. The minimum absolute atomic E-state index is 0.294. The molecule has 1 nitrogen and oxygen atoms in total. The van der Waals surface area contributed by atoms with Gasteiger partial charge in [-0.05, 0) is 53.9 Å². The molecule has 1 unspecified atom stereocenters. The van der Waals surface area contributed by atoms with Crippen molar-refractivity contribution in [2.45, 2.75) is 19.4 Å². The first kappa shape index (κ1) is 14.3. The van der Waals surface area contributed by atoms with Gasteiger partial charge < -0.3 is 5.11 Å². The molecule has 2 aromatic rings. The van der Waals surface area contributed by atoms with Crippen LogP contribution in [0, 0.1) is 12.7 Å². The van der Waals surface area contributed by atoms with Crippen LogP contribution in [0.15, 0.2) is 36.4 Å². The fourth-order valence-electron chi connectivity index (χ4n) is 1.98. The summed E-state index contributed by atoms with van der Waals surface area (Å²) < 4.78 is 13.3. The fraction of sp³-hybridized carbons (Fsp3) is 0.200. The van der Waals surface area contributed by atoms with Gasteiger partial charge in [-0.15, -0.1) is 0 Å². The Balaban J connectivity index is 2.25. The van der Waals surface area contributed by atoms with E-state index in [1.165, 1.54) is 12.1 Å². The smallest absolute Gasteiger partial charge is 0.123 e. The van der Waals surface area contributed by atoms with Gasteiger partial charge in [0.25, 0.3) is 0 Å². The third-order valence-electron chi connectivity index (χ3n) is 2.87. The second-order valence-electron chi connectivity index (χ2n) is 4.52. The van der Waals surface area contributed by atoms with E-state index in [9.17, 15) is 9.50 Å². The highest BCUT2D eigenvalue weighted by atomic mass is 35.5. The Labute approximate surface area is 121 Å². The standard InChI is InChI=1S/C15H13Cl2FO/c1-9-4-11(7-13(18)5-9)15(19)8-10-6-12(16)2-3-14(10)17/h2-7,15,19H,8H2,1H3. The van der Waals surface area contributed by atoms with Gasteiger partial charge in [-0.2, -0.15) is 0 Å². The van der Waals surface area contributed by atoms with E-state index in [1.54, 1.807) is 31.2 Å².